The lowest BCUT2D eigenvalue weighted by Crippen LogP contribution is -2.42. The molecule has 0 radical (unpaired) electrons. The predicted octanol–water partition coefficient (Wildman–Crippen LogP) is -0.407. The van der Waals surface area contributed by atoms with Crippen LogP contribution in [0.4, 0.5) is 0 Å². The minimum absolute atomic E-state index is 0.0548. The van der Waals surface area contributed by atoms with Gasteiger partial charge in [0.05, 0.1) is 0 Å². The van der Waals surface area contributed by atoms with E-state index in [1.807, 2.05) is 0 Å². The second kappa shape index (κ2) is 4.57. The Morgan fingerprint density at radius 3 is 2.36 bits per heavy atom. The zero-order valence-electron chi connectivity index (χ0n) is 8.41. The highest BCUT2D eigenvalue weighted by Gasteiger charge is 2.33. The lowest BCUT2D eigenvalue weighted by molar-refractivity contribution is 0.134. The monoisotopic (exact) mass is 222 g/mol. The van der Waals surface area contributed by atoms with E-state index in [2.05, 4.69) is 9.44 Å². The minimum atomic E-state index is -3.37. The molecule has 0 spiro atoms. The summed E-state index contributed by atoms with van der Waals surface area (Å²) in [6, 6.07) is 0. The van der Waals surface area contributed by atoms with Crippen LogP contribution in [-0.4, -0.2) is 33.7 Å². The highest BCUT2D eigenvalue weighted by molar-refractivity contribution is 7.87. The van der Waals surface area contributed by atoms with Crippen molar-refractivity contribution in [3.8, 4) is 0 Å². The molecule has 1 aliphatic rings. The Hall–Kier alpha value is -0.170. The first kappa shape index (κ1) is 11.9. The van der Waals surface area contributed by atoms with Gasteiger partial charge in [0.25, 0.3) is 10.2 Å². The summed E-state index contributed by atoms with van der Waals surface area (Å²) in [6.45, 7) is 0.381. The van der Waals surface area contributed by atoms with Crippen molar-refractivity contribution in [1.29, 1.82) is 0 Å². The van der Waals surface area contributed by atoms with Gasteiger partial charge in [0, 0.05) is 25.6 Å². The summed E-state index contributed by atoms with van der Waals surface area (Å²) < 4.78 is 26.9. The molecule has 0 heterocycles. The molecule has 1 saturated carbocycles. The van der Waals surface area contributed by atoms with E-state index in [1.54, 1.807) is 0 Å². The maximum Gasteiger partial charge on any atom is 0.276 e. The van der Waals surface area contributed by atoms with Crippen LogP contribution in [0, 0.1) is 5.41 Å². The molecular weight excluding hydrogens is 204 g/mol. The fourth-order valence-electron chi connectivity index (χ4n) is 1.84. The molecule has 0 saturated heterocycles. The van der Waals surface area contributed by atoms with Crippen LogP contribution in [0.1, 0.15) is 25.7 Å². The van der Waals surface area contributed by atoms with Gasteiger partial charge >= 0.3 is 0 Å². The smallest absolute Gasteiger partial charge is 0.276 e. The molecule has 1 rings (SSSR count). The van der Waals surface area contributed by atoms with Gasteiger partial charge in [0.15, 0.2) is 0 Å². The highest BCUT2D eigenvalue weighted by atomic mass is 32.2. The molecular formula is C8H18N2O3S. The highest BCUT2D eigenvalue weighted by Crippen LogP contribution is 2.36. The third-order valence-electron chi connectivity index (χ3n) is 2.91. The molecule has 1 fully saturated rings. The standard InChI is InChI=1S/C8H18N2O3S/c1-9-14(12,13)10-6-8(7-11)4-2-3-5-8/h9-11H,2-7H2,1H3. The summed E-state index contributed by atoms with van der Waals surface area (Å²) in [4.78, 5) is 0. The molecule has 0 aromatic rings. The van der Waals surface area contributed by atoms with Crippen molar-refractivity contribution < 1.29 is 13.5 Å². The third kappa shape index (κ3) is 2.91. The van der Waals surface area contributed by atoms with Gasteiger partial charge in [0.1, 0.15) is 0 Å². The molecule has 0 bridgehead atoms. The number of rotatable bonds is 5. The topological polar surface area (TPSA) is 78.4 Å². The van der Waals surface area contributed by atoms with Crippen LogP contribution in [0.15, 0.2) is 0 Å². The van der Waals surface area contributed by atoms with Gasteiger partial charge in [-0.3, -0.25) is 0 Å². The molecule has 84 valence electrons. The Balaban J connectivity index is 2.50. The fraction of sp³-hybridized carbons (Fsp3) is 1.00. The maximum atomic E-state index is 11.1. The van der Waals surface area contributed by atoms with Crippen molar-refractivity contribution in [2.75, 3.05) is 20.2 Å². The molecule has 3 N–H and O–H groups in total. The molecule has 1 aliphatic carbocycles. The molecule has 5 nitrogen and oxygen atoms in total. The van der Waals surface area contributed by atoms with Crippen LogP contribution < -0.4 is 9.44 Å². The Kier molecular flexibility index (Phi) is 3.88. The van der Waals surface area contributed by atoms with Crippen LogP contribution in [0.25, 0.3) is 0 Å². The molecule has 0 unspecified atom stereocenters. The average molecular weight is 222 g/mol. The molecule has 0 aliphatic heterocycles. The van der Waals surface area contributed by atoms with E-state index >= 15 is 0 Å². The van der Waals surface area contributed by atoms with Crippen LogP contribution in [0.2, 0.25) is 0 Å². The van der Waals surface area contributed by atoms with Crippen LogP contribution in [-0.2, 0) is 10.2 Å². The molecule has 6 heteroatoms. The van der Waals surface area contributed by atoms with Gasteiger partial charge in [-0.25, -0.2) is 9.44 Å². The summed E-state index contributed by atoms with van der Waals surface area (Å²) in [7, 11) is -2.00. The summed E-state index contributed by atoms with van der Waals surface area (Å²) in [6.07, 6.45) is 3.94. The number of aliphatic hydroxyl groups excluding tert-OH is 1. The summed E-state index contributed by atoms with van der Waals surface area (Å²) >= 11 is 0. The van der Waals surface area contributed by atoms with E-state index in [9.17, 15) is 13.5 Å². The molecule has 0 aromatic heterocycles. The van der Waals surface area contributed by atoms with Crippen molar-refractivity contribution in [2.24, 2.45) is 5.41 Å². The SMILES string of the molecule is CNS(=O)(=O)NCC1(CO)CCCC1. The second-order valence-corrected chi connectivity index (χ2v) is 5.60. The van der Waals surface area contributed by atoms with Crippen molar-refractivity contribution in [3.63, 3.8) is 0 Å². The van der Waals surface area contributed by atoms with Gasteiger partial charge in [-0.05, 0) is 12.8 Å². The molecule has 0 amide bonds. The van der Waals surface area contributed by atoms with Gasteiger partial charge in [-0.1, -0.05) is 12.8 Å². The van der Waals surface area contributed by atoms with Crippen molar-refractivity contribution in [1.82, 2.24) is 9.44 Å². The lowest BCUT2D eigenvalue weighted by atomic mass is 9.88. The Bertz CT molecular complexity index is 270. The van der Waals surface area contributed by atoms with E-state index < -0.39 is 10.2 Å². The third-order valence-corrected chi connectivity index (χ3v) is 3.97. The van der Waals surface area contributed by atoms with E-state index in [0.29, 0.717) is 6.54 Å². The molecule has 0 aromatic carbocycles. The Morgan fingerprint density at radius 1 is 1.36 bits per heavy atom. The van der Waals surface area contributed by atoms with Crippen molar-refractivity contribution >= 4 is 10.2 Å². The van der Waals surface area contributed by atoms with Gasteiger partial charge in [0.2, 0.25) is 0 Å². The second-order valence-electron chi connectivity index (χ2n) is 3.89. The number of hydrogen-bond acceptors (Lipinski definition) is 3. The van der Waals surface area contributed by atoms with Gasteiger partial charge in [-0.2, -0.15) is 8.42 Å². The predicted molar refractivity (Wildman–Crippen MR) is 54.0 cm³/mol. The van der Waals surface area contributed by atoms with Crippen LogP contribution in [0.5, 0.6) is 0 Å². The first-order valence-corrected chi connectivity index (χ1v) is 6.31. The maximum absolute atomic E-state index is 11.1. The van der Waals surface area contributed by atoms with Crippen LogP contribution in [0.3, 0.4) is 0 Å². The van der Waals surface area contributed by atoms with Gasteiger partial charge in [-0.15, -0.1) is 0 Å². The quantitative estimate of drug-likeness (QED) is 0.592. The minimum Gasteiger partial charge on any atom is -0.396 e. The fourth-order valence-corrected chi connectivity index (χ4v) is 2.48. The first-order valence-electron chi connectivity index (χ1n) is 4.83. The normalized spacial score (nSPS) is 21.3. The summed E-state index contributed by atoms with van der Waals surface area (Å²) in [5, 5.41) is 9.23. The average Bonchev–Trinajstić information content (AvgIpc) is 2.65. The van der Waals surface area contributed by atoms with Crippen molar-refractivity contribution in [3.05, 3.63) is 0 Å². The van der Waals surface area contributed by atoms with Gasteiger partial charge < -0.3 is 5.11 Å². The Morgan fingerprint density at radius 2 is 1.93 bits per heavy atom. The largest absolute Gasteiger partial charge is 0.396 e. The number of nitrogens with one attached hydrogen (secondary N) is 2. The van der Waals surface area contributed by atoms with Crippen LogP contribution >= 0.6 is 0 Å². The summed E-state index contributed by atoms with van der Waals surface area (Å²) in [5.74, 6) is 0. The number of aliphatic hydroxyl groups is 1. The van der Waals surface area contributed by atoms with E-state index in [0.717, 1.165) is 25.7 Å². The Labute approximate surface area is 85.1 Å². The lowest BCUT2D eigenvalue weighted by Gasteiger charge is -2.26. The molecule has 0 atom stereocenters. The molecule has 14 heavy (non-hydrogen) atoms. The van der Waals surface area contributed by atoms with E-state index in [4.69, 9.17) is 0 Å². The first-order chi connectivity index (χ1) is 6.54. The summed E-state index contributed by atoms with van der Waals surface area (Å²) in [5.41, 5.74) is -0.232. The zero-order valence-corrected chi connectivity index (χ0v) is 9.23. The van der Waals surface area contributed by atoms with E-state index in [-0.39, 0.29) is 12.0 Å². The van der Waals surface area contributed by atoms with Crippen molar-refractivity contribution in [2.45, 2.75) is 25.7 Å². The number of hydrogen-bond donors (Lipinski definition) is 3. The zero-order chi connectivity index (χ0) is 10.7. The van der Waals surface area contributed by atoms with E-state index in [1.165, 1.54) is 7.05 Å².